The van der Waals surface area contributed by atoms with E-state index in [4.69, 9.17) is 37.2 Å². The third kappa shape index (κ3) is 4.50. The number of rotatable bonds is 5. The summed E-state index contributed by atoms with van der Waals surface area (Å²) in [5.74, 6) is 0.598. The quantitative estimate of drug-likeness (QED) is 0.317. The Balaban J connectivity index is 1.43. The van der Waals surface area contributed by atoms with Gasteiger partial charge in [-0.25, -0.2) is 0 Å². The van der Waals surface area contributed by atoms with Gasteiger partial charge in [-0.3, -0.25) is 9.59 Å². The van der Waals surface area contributed by atoms with Gasteiger partial charge in [-0.15, -0.1) is 0 Å². The summed E-state index contributed by atoms with van der Waals surface area (Å²) < 4.78 is 15.9. The Morgan fingerprint density at radius 3 is 2.62 bits per heavy atom. The van der Waals surface area contributed by atoms with Crippen LogP contribution >= 0.6 is 23.2 Å². The molecule has 2 aromatic carbocycles. The van der Waals surface area contributed by atoms with Crippen molar-refractivity contribution >= 4 is 41.0 Å². The van der Waals surface area contributed by atoms with Crippen LogP contribution < -0.4 is 9.47 Å². The molecule has 8 heteroatoms. The SMILES string of the molecule is O=C(CCc1cc(Cl)no1)Oc1ccc2c(c1)O/C(=C\c1ccc(Cl)cc1)C2=O. The van der Waals surface area contributed by atoms with E-state index in [-0.39, 0.29) is 28.9 Å². The Morgan fingerprint density at radius 1 is 1.10 bits per heavy atom. The van der Waals surface area contributed by atoms with Crippen LogP contribution in [0.25, 0.3) is 6.08 Å². The number of carbonyl (C=O) groups is 2. The molecule has 0 atom stereocenters. The summed E-state index contributed by atoms with van der Waals surface area (Å²) in [7, 11) is 0. The molecule has 4 rings (SSSR count). The van der Waals surface area contributed by atoms with Crippen molar-refractivity contribution in [1.82, 2.24) is 5.16 Å². The zero-order chi connectivity index (χ0) is 20.4. The Bertz CT molecular complexity index is 1120. The van der Waals surface area contributed by atoms with Gasteiger partial charge in [0.1, 0.15) is 17.3 Å². The van der Waals surface area contributed by atoms with E-state index in [1.165, 1.54) is 12.1 Å². The molecule has 146 valence electrons. The van der Waals surface area contributed by atoms with E-state index in [1.807, 2.05) is 0 Å². The fourth-order valence-electron chi connectivity index (χ4n) is 2.75. The lowest BCUT2D eigenvalue weighted by atomic mass is 10.1. The average molecular weight is 430 g/mol. The maximum Gasteiger partial charge on any atom is 0.311 e. The van der Waals surface area contributed by atoms with Crippen LogP contribution in [-0.4, -0.2) is 16.9 Å². The van der Waals surface area contributed by atoms with Crippen LogP contribution in [0.15, 0.2) is 58.8 Å². The molecule has 0 amide bonds. The molecule has 1 aliphatic heterocycles. The molecule has 2 heterocycles. The lowest BCUT2D eigenvalue weighted by Gasteiger charge is -2.05. The van der Waals surface area contributed by atoms with Gasteiger partial charge in [0.15, 0.2) is 10.9 Å². The highest BCUT2D eigenvalue weighted by Gasteiger charge is 2.28. The summed E-state index contributed by atoms with van der Waals surface area (Å²) in [6, 6.07) is 13.2. The first-order valence-electron chi connectivity index (χ1n) is 8.63. The average Bonchev–Trinajstić information content (AvgIpc) is 3.25. The lowest BCUT2D eigenvalue weighted by Crippen LogP contribution is -2.08. The largest absolute Gasteiger partial charge is 0.452 e. The maximum absolute atomic E-state index is 12.5. The van der Waals surface area contributed by atoms with E-state index in [9.17, 15) is 9.59 Å². The summed E-state index contributed by atoms with van der Waals surface area (Å²) in [5, 5.41) is 4.38. The zero-order valence-electron chi connectivity index (χ0n) is 14.9. The van der Waals surface area contributed by atoms with E-state index >= 15 is 0 Å². The lowest BCUT2D eigenvalue weighted by molar-refractivity contribution is -0.134. The van der Waals surface area contributed by atoms with Crippen molar-refractivity contribution in [2.75, 3.05) is 0 Å². The number of aromatic nitrogens is 1. The van der Waals surface area contributed by atoms with Crippen LogP contribution in [0.5, 0.6) is 11.5 Å². The van der Waals surface area contributed by atoms with Crippen molar-refractivity contribution in [3.05, 3.63) is 81.4 Å². The molecule has 0 bridgehead atoms. The number of esters is 1. The Morgan fingerprint density at radius 2 is 1.90 bits per heavy atom. The Kier molecular flexibility index (Phi) is 5.38. The molecular formula is C21H13Cl2NO5. The molecule has 0 N–H and O–H groups in total. The number of ketones is 1. The van der Waals surface area contributed by atoms with Crippen molar-refractivity contribution in [2.45, 2.75) is 12.8 Å². The first kappa shape index (κ1) is 19.2. The minimum atomic E-state index is -0.460. The third-order valence-corrected chi connectivity index (χ3v) is 4.58. The highest BCUT2D eigenvalue weighted by molar-refractivity contribution is 6.30. The minimum Gasteiger partial charge on any atom is -0.452 e. The number of fused-ring (bicyclic) bond motifs is 1. The van der Waals surface area contributed by atoms with Gasteiger partial charge < -0.3 is 14.0 Å². The van der Waals surface area contributed by atoms with Gasteiger partial charge >= 0.3 is 5.97 Å². The monoisotopic (exact) mass is 429 g/mol. The molecule has 1 aromatic heterocycles. The molecule has 3 aromatic rings. The van der Waals surface area contributed by atoms with E-state index in [0.717, 1.165) is 5.56 Å². The van der Waals surface area contributed by atoms with Gasteiger partial charge in [-0.2, -0.15) is 0 Å². The number of hydrogen-bond acceptors (Lipinski definition) is 6. The van der Waals surface area contributed by atoms with E-state index in [0.29, 0.717) is 28.5 Å². The van der Waals surface area contributed by atoms with Gasteiger partial charge in [0.25, 0.3) is 0 Å². The Labute approximate surface area is 175 Å². The molecule has 0 radical (unpaired) electrons. The first-order valence-corrected chi connectivity index (χ1v) is 9.39. The normalized spacial score (nSPS) is 14.0. The predicted molar refractivity (Wildman–Crippen MR) is 106 cm³/mol. The van der Waals surface area contributed by atoms with Gasteiger partial charge in [-0.05, 0) is 35.9 Å². The van der Waals surface area contributed by atoms with Crippen molar-refractivity contribution in [2.24, 2.45) is 0 Å². The highest BCUT2D eigenvalue weighted by Crippen LogP contribution is 2.35. The van der Waals surface area contributed by atoms with Crippen LogP contribution in [-0.2, 0) is 11.2 Å². The van der Waals surface area contributed by atoms with Gasteiger partial charge in [-0.1, -0.05) is 40.5 Å². The second-order valence-electron chi connectivity index (χ2n) is 6.24. The molecule has 0 spiro atoms. The molecule has 0 saturated heterocycles. The van der Waals surface area contributed by atoms with Crippen LogP contribution in [0.3, 0.4) is 0 Å². The summed E-state index contributed by atoms with van der Waals surface area (Å²) in [4.78, 5) is 24.6. The van der Waals surface area contributed by atoms with E-state index < -0.39 is 5.97 Å². The number of benzene rings is 2. The van der Waals surface area contributed by atoms with Gasteiger partial charge in [0.05, 0.1) is 12.0 Å². The molecular weight excluding hydrogens is 417 g/mol. The second kappa shape index (κ2) is 8.11. The summed E-state index contributed by atoms with van der Waals surface area (Å²) in [5.41, 5.74) is 1.19. The summed E-state index contributed by atoms with van der Waals surface area (Å²) >= 11 is 11.5. The molecule has 0 aliphatic carbocycles. The second-order valence-corrected chi connectivity index (χ2v) is 7.06. The van der Waals surface area contributed by atoms with Crippen molar-refractivity contribution in [1.29, 1.82) is 0 Å². The maximum atomic E-state index is 12.5. The van der Waals surface area contributed by atoms with Crippen LogP contribution in [0.2, 0.25) is 10.2 Å². The molecule has 6 nitrogen and oxygen atoms in total. The molecule has 29 heavy (non-hydrogen) atoms. The third-order valence-electron chi connectivity index (χ3n) is 4.15. The fourth-order valence-corrected chi connectivity index (χ4v) is 3.04. The van der Waals surface area contributed by atoms with E-state index in [1.54, 1.807) is 42.5 Å². The molecule has 1 aliphatic rings. The number of allylic oxidation sites excluding steroid dienone is 1. The molecule has 0 unspecified atom stereocenters. The number of ether oxygens (including phenoxy) is 2. The zero-order valence-corrected chi connectivity index (χ0v) is 16.4. The first-order chi connectivity index (χ1) is 14.0. The molecule has 0 saturated carbocycles. The summed E-state index contributed by atoms with van der Waals surface area (Å²) in [6.07, 6.45) is 2.03. The van der Waals surface area contributed by atoms with Gasteiger partial charge in [0, 0.05) is 23.6 Å². The standard InChI is InChI=1S/C21H13Cl2NO5/c22-13-3-1-12(2-4-13)9-18-21(26)16-7-5-14(10-17(16)28-18)27-20(25)8-6-15-11-19(23)24-29-15/h1-5,7,9-11H,6,8H2/b18-9-. The molecule has 0 fully saturated rings. The fraction of sp³-hybridized carbons (Fsp3) is 0.0952. The highest BCUT2D eigenvalue weighted by atomic mass is 35.5. The number of hydrogen-bond donors (Lipinski definition) is 0. The van der Waals surface area contributed by atoms with E-state index in [2.05, 4.69) is 5.16 Å². The topological polar surface area (TPSA) is 78.6 Å². The Hall–Kier alpha value is -3.09. The van der Waals surface area contributed by atoms with Crippen molar-refractivity contribution < 1.29 is 23.6 Å². The minimum absolute atomic E-state index is 0.0874. The number of nitrogens with zero attached hydrogens (tertiary/aromatic N) is 1. The summed E-state index contributed by atoms with van der Waals surface area (Å²) in [6.45, 7) is 0. The van der Waals surface area contributed by atoms with Crippen LogP contribution in [0.1, 0.15) is 28.1 Å². The number of aryl methyl sites for hydroxylation is 1. The number of Topliss-reactive ketones (excluding diaryl/α,β-unsaturated/α-hetero) is 1. The van der Waals surface area contributed by atoms with Gasteiger partial charge in [0.2, 0.25) is 5.78 Å². The number of carbonyl (C=O) groups excluding carboxylic acids is 2. The smallest absolute Gasteiger partial charge is 0.311 e. The van der Waals surface area contributed by atoms with Crippen molar-refractivity contribution in [3.63, 3.8) is 0 Å². The van der Waals surface area contributed by atoms with Crippen LogP contribution in [0, 0.1) is 0 Å². The van der Waals surface area contributed by atoms with Crippen molar-refractivity contribution in [3.8, 4) is 11.5 Å². The number of halogens is 2. The van der Waals surface area contributed by atoms with Crippen LogP contribution in [0.4, 0.5) is 0 Å². The predicted octanol–water partition coefficient (Wildman–Crippen LogP) is 5.14.